The van der Waals surface area contributed by atoms with Gasteiger partial charge in [-0.05, 0) is 37.3 Å². The van der Waals surface area contributed by atoms with Gasteiger partial charge in [-0.2, -0.15) is 0 Å². The SMILES string of the molecule is Cc1cnc(C(=O)NC[C@]2(O)CCCc3ccccc32)cn1. The van der Waals surface area contributed by atoms with Crippen LogP contribution < -0.4 is 5.32 Å². The van der Waals surface area contributed by atoms with Crippen LogP contribution in [0.5, 0.6) is 0 Å². The number of rotatable bonds is 3. The molecule has 0 saturated heterocycles. The number of amides is 1. The van der Waals surface area contributed by atoms with Crippen LogP contribution in [0, 0.1) is 6.92 Å². The number of aromatic nitrogens is 2. The van der Waals surface area contributed by atoms with Crippen molar-refractivity contribution in [3.63, 3.8) is 0 Å². The van der Waals surface area contributed by atoms with Gasteiger partial charge >= 0.3 is 0 Å². The lowest BCUT2D eigenvalue weighted by molar-refractivity contribution is 0.0189. The molecule has 1 atom stereocenters. The molecule has 2 aromatic rings. The summed E-state index contributed by atoms with van der Waals surface area (Å²) in [5.41, 5.74) is 2.08. The number of hydrogen-bond acceptors (Lipinski definition) is 4. The highest BCUT2D eigenvalue weighted by Crippen LogP contribution is 2.34. The fourth-order valence-corrected chi connectivity index (χ4v) is 2.91. The minimum absolute atomic E-state index is 0.179. The van der Waals surface area contributed by atoms with E-state index in [1.807, 2.05) is 31.2 Å². The summed E-state index contributed by atoms with van der Waals surface area (Å²) in [7, 11) is 0. The Kier molecular flexibility index (Phi) is 3.90. The Hall–Kier alpha value is -2.27. The Labute approximate surface area is 129 Å². The van der Waals surface area contributed by atoms with E-state index in [0.717, 1.165) is 29.7 Å². The van der Waals surface area contributed by atoms with Gasteiger partial charge in [0.15, 0.2) is 0 Å². The third-order valence-corrected chi connectivity index (χ3v) is 4.11. The number of carbonyl (C=O) groups is 1. The summed E-state index contributed by atoms with van der Waals surface area (Å²) in [6.07, 6.45) is 5.52. The molecule has 1 aliphatic carbocycles. The van der Waals surface area contributed by atoms with Gasteiger partial charge in [-0.25, -0.2) is 4.98 Å². The van der Waals surface area contributed by atoms with Gasteiger partial charge in [0, 0.05) is 6.20 Å². The Bertz CT molecular complexity index is 685. The van der Waals surface area contributed by atoms with Gasteiger partial charge in [0.25, 0.3) is 5.91 Å². The van der Waals surface area contributed by atoms with E-state index in [4.69, 9.17) is 0 Å². The first-order valence-electron chi connectivity index (χ1n) is 7.46. The lowest BCUT2D eigenvalue weighted by atomic mass is 9.79. The molecule has 1 aromatic heterocycles. The Morgan fingerprint density at radius 1 is 1.32 bits per heavy atom. The summed E-state index contributed by atoms with van der Waals surface area (Å²) < 4.78 is 0. The highest BCUT2D eigenvalue weighted by Gasteiger charge is 2.34. The molecule has 1 amide bonds. The highest BCUT2D eigenvalue weighted by atomic mass is 16.3. The maximum Gasteiger partial charge on any atom is 0.271 e. The van der Waals surface area contributed by atoms with Crippen LogP contribution in [0.3, 0.4) is 0 Å². The van der Waals surface area contributed by atoms with Crippen LogP contribution in [0.2, 0.25) is 0 Å². The number of hydrogen-bond donors (Lipinski definition) is 2. The summed E-state index contributed by atoms with van der Waals surface area (Å²) in [6, 6.07) is 7.87. The van der Waals surface area contributed by atoms with Crippen LogP contribution in [0.15, 0.2) is 36.7 Å². The van der Waals surface area contributed by atoms with Crippen molar-refractivity contribution in [1.82, 2.24) is 15.3 Å². The maximum absolute atomic E-state index is 12.1. The molecule has 0 radical (unpaired) electrons. The van der Waals surface area contributed by atoms with E-state index in [-0.39, 0.29) is 18.1 Å². The minimum atomic E-state index is -1.01. The van der Waals surface area contributed by atoms with E-state index < -0.39 is 5.60 Å². The minimum Gasteiger partial charge on any atom is -0.383 e. The summed E-state index contributed by atoms with van der Waals surface area (Å²) in [5.74, 6) is -0.316. The highest BCUT2D eigenvalue weighted by molar-refractivity contribution is 5.91. The zero-order valence-electron chi connectivity index (χ0n) is 12.5. The first-order chi connectivity index (χ1) is 10.6. The number of fused-ring (bicyclic) bond motifs is 1. The van der Waals surface area contributed by atoms with E-state index in [0.29, 0.717) is 6.42 Å². The van der Waals surface area contributed by atoms with Gasteiger partial charge in [0.2, 0.25) is 0 Å². The van der Waals surface area contributed by atoms with Gasteiger partial charge in [0.1, 0.15) is 11.3 Å². The smallest absolute Gasteiger partial charge is 0.271 e. The molecular formula is C17H19N3O2. The van der Waals surface area contributed by atoms with Crippen LogP contribution >= 0.6 is 0 Å². The average Bonchev–Trinajstić information content (AvgIpc) is 2.54. The zero-order valence-corrected chi connectivity index (χ0v) is 12.5. The van der Waals surface area contributed by atoms with Gasteiger partial charge in [-0.3, -0.25) is 9.78 Å². The molecule has 1 heterocycles. The largest absolute Gasteiger partial charge is 0.383 e. The van der Waals surface area contributed by atoms with Crippen LogP contribution in [-0.4, -0.2) is 27.5 Å². The van der Waals surface area contributed by atoms with Gasteiger partial charge in [-0.15, -0.1) is 0 Å². The Balaban J connectivity index is 1.73. The third kappa shape index (κ3) is 2.85. The van der Waals surface area contributed by atoms with E-state index in [2.05, 4.69) is 15.3 Å². The van der Waals surface area contributed by atoms with Gasteiger partial charge in [-0.1, -0.05) is 24.3 Å². The van der Waals surface area contributed by atoms with E-state index in [9.17, 15) is 9.90 Å². The number of aliphatic hydroxyl groups is 1. The molecule has 0 saturated carbocycles. The number of nitrogens with one attached hydrogen (secondary N) is 1. The molecule has 1 aliphatic rings. The predicted octanol–water partition coefficient (Wildman–Crippen LogP) is 1.74. The van der Waals surface area contributed by atoms with Gasteiger partial charge < -0.3 is 10.4 Å². The maximum atomic E-state index is 12.1. The average molecular weight is 297 g/mol. The van der Waals surface area contributed by atoms with Crippen molar-refractivity contribution < 1.29 is 9.90 Å². The number of benzene rings is 1. The monoisotopic (exact) mass is 297 g/mol. The summed E-state index contributed by atoms with van der Waals surface area (Å²) in [4.78, 5) is 20.2. The topological polar surface area (TPSA) is 75.1 Å². The van der Waals surface area contributed by atoms with Gasteiger partial charge in [0.05, 0.1) is 18.4 Å². The zero-order chi connectivity index (χ0) is 15.6. The molecule has 0 fully saturated rings. The lowest BCUT2D eigenvalue weighted by Gasteiger charge is -2.34. The first kappa shape index (κ1) is 14.7. The van der Waals surface area contributed by atoms with Crippen molar-refractivity contribution in [3.05, 3.63) is 59.2 Å². The molecule has 5 heteroatoms. The molecule has 5 nitrogen and oxygen atoms in total. The normalized spacial score (nSPS) is 20.3. The fraction of sp³-hybridized carbons (Fsp3) is 0.353. The Morgan fingerprint density at radius 3 is 2.91 bits per heavy atom. The second-order valence-electron chi connectivity index (χ2n) is 5.77. The predicted molar refractivity (Wildman–Crippen MR) is 82.4 cm³/mol. The molecule has 22 heavy (non-hydrogen) atoms. The molecular weight excluding hydrogens is 278 g/mol. The van der Waals surface area contributed by atoms with Crippen molar-refractivity contribution >= 4 is 5.91 Å². The molecule has 0 bridgehead atoms. The molecule has 3 rings (SSSR count). The van der Waals surface area contributed by atoms with E-state index in [1.54, 1.807) is 6.20 Å². The number of carbonyl (C=O) groups excluding carboxylic acids is 1. The van der Waals surface area contributed by atoms with Crippen molar-refractivity contribution in [2.75, 3.05) is 6.54 Å². The van der Waals surface area contributed by atoms with Crippen molar-refractivity contribution in [2.24, 2.45) is 0 Å². The third-order valence-electron chi connectivity index (χ3n) is 4.11. The molecule has 1 aromatic carbocycles. The lowest BCUT2D eigenvalue weighted by Crippen LogP contribution is -2.43. The standard InChI is InChI=1S/C17H19N3O2/c1-12-9-19-15(10-18-12)16(21)20-11-17(22)8-4-6-13-5-2-3-7-14(13)17/h2-3,5,7,9-10,22H,4,6,8,11H2,1H3,(H,20,21)/t17-/m1/s1. The van der Waals surface area contributed by atoms with E-state index >= 15 is 0 Å². The van der Waals surface area contributed by atoms with Crippen LogP contribution in [0.4, 0.5) is 0 Å². The molecule has 0 spiro atoms. The van der Waals surface area contributed by atoms with Crippen molar-refractivity contribution in [1.29, 1.82) is 0 Å². The van der Waals surface area contributed by atoms with Crippen LogP contribution in [0.1, 0.15) is 40.2 Å². The first-order valence-corrected chi connectivity index (χ1v) is 7.46. The van der Waals surface area contributed by atoms with E-state index in [1.165, 1.54) is 6.20 Å². The second kappa shape index (κ2) is 5.85. The van der Waals surface area contributed by atoms with Crippen LogP contribution in [-0.2, 0) is 12.0 Å². The molecule has 0 unspecified atom stereocenters. The number of aryl methyl sites for hydroxylation is 2. The fourth-order valence-electron chi connectivity index (χ4n) is 2.91. The summed E-state index contributed by atoms with van der Waals surface area (Å²) in [6.45, 7) is 1.99. The molecule has 2 N–H and O–H groups in total. The van der Waals surface area contributed by atoms with Crippen molar-refractivity contribution in [2.45, 2.75) is 31.8 Å². The Morgan fingerprint density at radius 2 is 2.14 bits per heavy atom. The molecule has 0 aliphatic heterocycles. The number of nitrogens with zero attached hydrogens (tertiary/aromatic N) is 2. The summed E-state index contributed by atoms with van der Waals surface area (Å²) >= 11 is 0. The summed E-state index contributed by atoms with van der Waals surface area (Å²) in [5, 5.41) is 13.7. The molecule has 114 valence electrons. The van der Waals surface area contributed by atoms with Crippen LogP contribution in [0.25, 0.3) is 0 Å². The quantitative estimate of drug-likeness (QED) is 0.905. The van der Waals surface area contributed by atoms with Crippen molar-refractivity contribution in [3.8, 4) is 0 Å². The second-order valence-corrected chi connectivity index (χ2v) is 5.77.